The molecule has 4 aliphatic carbocycles. The lowest BCUT2D eigenvalue weighted by molar-refractivity contribution is 0.00948. The van der Waals surface area contributed by atoms with Crippen LogP contribution in [0.1, 0.15) is 77.0 Å². The Labute approximate surface area is 130 Å². The lowest BCUT2D eigenvalue weighted by Gasteiger charge is -2.50. The smallest absolute Gasteiger partial charge is 0.0104 e. The molecule has 1 N–H and O–H groups in total. The van der Waals surface area contributed by atoms with E-state index in [1.54, 1.807) is 38.5 Å². The maximum atomic E-state index is 4.16. The van der Waals surface area contributed by atoms with Crippen molar-refractivity contribution in [2.24, 2.45) is 35.5 Å². The van der Waals surface area contributed by atoms with Crippen molar-refractivity contribution in [2.45, 2.75) is 89.1 Å². The summed E-state index contributed by atoms with van der Waals surface area (Å²) in [5.41, 5.74) is 0. The molecule has 0 radical (unpaired) electrons. The van der Waals surface area contributed by atoms with Crippen LogP contribution < -0.4 is 5.32 Å². The summed E-state index contributed by atoms with van der Waals surface area (Å²) in [6.07, 6.45) is 18.6. The van der Waals surface area contributed by atoms with Gasteiger partial charge in [0.25, 0.3) is 0 Å². The van der Waals surface area contributed by atoms with Crippen molar-refractivity contribution in [1.29, 1.82) is 0 Å². The molecule has 0 amide bonds. The van der Waals surface area contributed by atoms with Crippen LogP contribution in [0.5, 0.6) is 0 Å². The normalized spacial score (nSPS) is 56.0. The molecule has 0 aromatic rings. The second-order valence-electron chi connectivity index (χ2n) is 9.11. The van der Waals surface area contributed by atoms with Crippen molar-refractivity contribution in [3.05, 3.63) is 0 Å². The van der Waals surface area contributed by atoms with Gasteiger partial charge in [0.05, 0.1) is 0 Å². The molecular formula is C20H33N. The molecular weight excluding hydrogens is 254 g/mol. The average molecular weight is 287 g/mol. The SMILES string of the molecule is C1CCC2C(C1)CCC1NC3CCC4CCCCC4C3C12. The molecule has 5 fully saturated rings. The van der Waals surface area contributed by atoms with Crippen LogP contribution in [-0.4, -0.2) is 12.1 Å². The molecule has 21 heavy (non-hydrogen) atoms. The van der Waals surface area contributed by atoms with Crippen molar-refractivity contribution in [3.8, 4) is 0 Å². The van der Waals surface area contributed by atoms with Gasteiger partial charge in [0.1, 0.15) is 0 Å². The third-order valence-corrected chi connectivity index (χ3v) is 8.42. The highest BCUT2D eigenvalue weighted by atomic mass is 15.0. The fourth-order valence-corrected chi connectivity index (χ4v) is 7.74. The summed E-state index contributed by atoms with van der Waals surface area (Å²) in [4.78, 5) is 0. The maximum absolute atomic E-state index is 4.16. The van der Waals surface area contributed by atoms with Crippen LogP contribution in [0.2, 0.25) is 0 Å². The summed E-state index contributed by atoms with van der Waals surface area (Å²) in [5, 5.41) is 4.16. The van der Waals surface area contributed by atoms with Gasteiger partial charge in [-0.05, 0) is 74.0 Å². The maximum Gasteiger partial charge on any atom is 0.0104 e. The molecule has 0 aromatic carbocycles. The van der Waals surface area contributed by atoms with Gasteiger partial charge in [-0.25, -0.2) is 0 Å². The molecule has 1 nitrogen and oxygen atoms in total. The summed E-state index contributed by atoms with van der Waals surface area (Å²) in [6, 6.07) is 1.83. The van der Waals surface area contributed by atoms with E-state index in [0.29, 0.717) is 0 Å². The third-order valence-electron chi connectivity index (χ3n) is 8.42. The van der Waals surface area contributed by atoms with Crippen molar-refractivity contribution in [2.75, 3.05) is 0 Å². The molecule has 5 rings (SSSR count). The van der Waals surface area contributed by atoms with Crippen LogP contribution in [0.25, 0.3) is 0 Å². The van der Waals surface area contributed by atoms with Crippen molar-refractivity contribution in [1.82, 2.24) is 5.32 Å². The number of hydrogen-bond donors (Lipinski definition) is 1. The molecule has 1 aliphatic heterocycles. The number of hydrogen-bond acceptors (Lipinski definition) is 1. The van der Waals surface area contributed by atoms with Crippen LogP contribution in [0.4, 0.5) is 0 Å². The van der Waals surface area contributed by atoms with Gasteiger partial charge >= 0.3 is 0 Å². The van der Waals surface area contributed by atoms with E-state index < -0.39 is 0 Å². The largest absolute Gasteiger partial charge is 0.311 e. The van der Waals surface area contributed by atoms with Gasteiger partial charge in [-0.15, -0.1) is 0 Å². The predicted octanol–water partition coefficient (Wildman–Crippen LogP) is 4.76. The minimum Gasteiger partial charge on any atom is -0.311 e. The second-order valence-corrected chi connectivity index (χ2v) is 9.11. The highest BCUT2D eigenvalue weighted by molar-refractivity contribution is 5.09. The van der Waals surface area contributed by atoms with E-state index in [1.165, 1.54) is 38.5 Å². The van der Waals surface area contributed by atoms with Crippen LogP contribution in [0, 0.1) is 35.5 Å². The molecule has 0 spiro atoms. The molecule has 8 atom stereocenters. The van der Waals surface area contributed by atoms with Crippen LogP contribution in [0.3, 0.4) is 0 Å². The van der Waals surface area contributed by atoms with Gasteiger partial charge in [-0.3, -0.25) is 0 Å². The molecule has 1 saturated heterocycles. The van der Waals surface area contributed by atoms with Gasteiger partial charge in [0.15, 0.2) is 0 Å². The average Bonchev–Trinajstić information content (AvgIpc) is 2.94. The first-order chi connectivity index (χ1) is 10.4. The highest BCUT2D eigenvalue weighted by Gasteiger charge is 2.55. The van der Waals surface area contributed by atoms with Gasteiger partial charge in [-0.2, -0.15) is 0 Å². The van der Waals surface area contributed by atoms with Gasteiger partial charge in [-0.1, -0.05) is 38.5 Å². The summed E-state index contributed by atoms with van der Waals surface area (Å²) < 4.78 is 0. The topological polar surface area (TPSA) is 12.0 Å². The molecule has 118 valence electrons. The van der Waals surface area contributed by atoms with Crippen molar-refractivity contribution in [3.63, 3.8) is 0 Å². The molecule has 8 unspecified atom stereocenters. The van der Waals surface area contributed by atoms with Crippen molar-refractivity contribution < 1.29 is 0 Å². The zero-order valence-corrected chi connectivity index (χ0v) is 13.6. The minimum absolute atomic E-state index is 0.917. The molecule has 5 aliphatic rings. The summed E-state index contributed by atoms with van der Waals surface area (Å²) in [7, 11) is 0. The summed E-state index contributed by atoms with van der Waals surface area (Å²) in [5.74, 6) is 6.62. The molecule has 0 bridgehead atoms. The Kier molecular flexibility index (Phi) is 3.35. The van der Waals surface area contributed by atoms with E-state index in [-0.39, 0.29) is 0 Å². The first kappa shape index (κ1) is 13.4. The zero-order valence-electron chi connectivity index (χ0n) is 13.6. The summed E-state index contributed by atoms with van der Waals surface area (Å²) >= 11 is 0. The minimum atomic E-state index is 0.917. The van der Waals surface area contributed by atoms with E-state index in [0.717, 1.165) is 47.6 Å². The van der Waals surface area contributed by atoms with E-state index in [1.807, 2.05) is 0 Å². The first-order valence-corrected chi connectivity index (χ1v) is 10.2. The molecule has 4 saturated carbocycles. The standard InChI is InChI=1S/C20H33N/c1-3-7-15-13(5-1)9-11-17-19(15)20-16-8-4-2-6-14(16)10-12-18(20)21-17/h13-21H,1-12H2. The number of fused-ring (bicyclic) bond motifs is 7. The van der Waals surface area contributed by atoms with E-state index in [9.17, 15) is 0 Å². The number of rotatable bonds is 0. The van der Waals surface area contributed by atoms with E-state index >= 15 is 0 Å². The van der Waals surface area contributed by atoms with E-state index in [2.05, 4.69) is 5.32 Å². The Morgan fingerprint density at radius 1 is 0.476 bits per heavy atom. The summed E-state index contributed by atoms with van der Waals surface area (Å²) in [6.45, 7) is 0. The molecule has 1 heteroatoms. The quantitative estimate of drug-likeness (QED) is 0.677. The lowest BCUT2D eigenvalue weighted by Crippen LogP contribution is -2.45. The fourth-order valence-electron chi connectivity index (χ4n) is 7.74. The lowest BCUT2D eigenvalue weighted by atomic mass is 9.54. The van der Waals surface area contributed by atoms with Gasteiger partial charge in [0, 0.05) is 12.1 Å². The van der Waals surface area contributed by atoms with Crippen LogP contribution >= 0.6 is 0 Å². The monoisotopic (exact) mass is 287 g/mol. The third kappa shape index (κ3) is 2.06. The van der Waals surface area contributed by atoms with Gasteiger partial charge < -0.3 is 5.32 Å². The van der Waals surface area contributed by atoms with Gasteiger partial charge in [0.2, 0.25) is 0 Å². The van der Waals surface area contributed by atoms with E-state index in [4.69, 9.17) is 0 Å². The Morgan fingerprint density at radius 3 is 1.48 bits per heavy atom. The Balaban J connectivity index is 1.45. The van der Waals surface area contributed by atoms with Crippen LogP contribution in [0.15, 0.2) is 0 Å². The fraction of sp³-hybridized carbons (Fsp3) is 1.00. The van der Waals surface area contributed by atoms with Crippen molar-refractivity contribution >= 4 is 0 Å². The molecule has 0 aromatic heterocycles. The molecule has 1 heterocycles. The predicted molar refractivity (Wildman–Crippen MR) is 87.1 cm³/mol. The second kappa shape index (κ2) is 5.25. The number of nitrogens with one attached hydrogen (secondary N) is 1. The Bertz CT molecular complexity index is 355. The highest BCUT2D eigenvalue weighted by Crippen LogP contribution is 2.57. The Hall–Kier alpha value is -0.0400. The Morgan fingerprint density at radius 2 is 0.952 bits per heavy atom. The van der Waals surface area contributed by atoms with Crippen LogP contribution in [-0.2, 0) is 0 Å². The zero-order chi connectivity index (χ0) is 13.8. The first-order valence-electron chi connectivity index (χ1n) is 10.2.